The summed E-state index contributed by atoms with van der Waals surface area (Å²) in [5, 5.41) is 4.89. The quantitative estimate of drug-likeness (QED) is 0.223. The lowest BCUT2D eigenvalue weighted by Crippen LogP contribution is -2.21. The third-order valence-corrected chi connectivity index (χ3v) is 0.594. The monoisotopic (exact) mass is 117 g/mol. The molecule has 4 nitrogen and oxygen atoms in total. The molecule has 48 valence electrons. The number of hydrogen-bond acceptors (Lipinski definition) is 4. The fraction of sp³-hybridized carbons (Fsp3) is 0.750. The van der Waals surface area contributed by atoms with Gasteiger partial charge in [-0.3, -0.25) is 0 Å². The molecule has 0 bridgehead atoms. The van der Waals surface area contributed by atoms with Crippen molar-refractivity contribution in [2.75, 3.05) is 14.2 Å². The van der Waals surface area contributed by atoms with Crippen molar-refractivity contribution in [1.82, 2.24) is 5.12 Å². The van der Waals surface area contributed by atoms with E-state index in [0.717, 1.165) is 0 Å². The third-order valence-electron chi connectivity index (χ3n) is 0.594. The summed E-state index contributed by atoms with van der Waals surface area (Å²) in [5.74, 6) is 5.69. The molecule has 0 aliphatic heterocycles. The Balaban J connectivity index is 3.56. The fourth-order valence-corrected chi connectivity index (χ4v) is 0.263. The van der Waals surface area contributed by atoms with Gasteiger partial charge in [-0.05, 0) is 0 Å². The van der Waals surface area contributed by atoms with Crippen molar-refractivity contribution in [2.45, 2.75) is 6.92 Å². The first-order valence-corrected chi connectivity index (χ1v) is 2.24. The van der Waals surface area contributed by atoms with Crippen LogP contribution in [0.25, 0.3) is 0 Å². The van der Waals surface area contributed by atoms with Crippen LogP contribution in [-0.4, -0.2) is 25.2 Å². The fourth-order valence-electron chi connectivity index (χ4n) is 0.263. The third kappa shape index (κ3) is 3.42. The van der Waals surface area contributed by atoms with Crippen molar-refractivity contribution in [2.24, 2.45) is 10.9 Å². The molecule has 0 aromatic heterocycles. The molecule has 0 atom stereocenters. The van der Waals surface area contributed by atoms with Gasteiger partial charge in [0.2, 0.25) is 5.90 Å². The lowest BCUT2D eigenvalue weighted by Gasteiger charge is -2.03. The van der Waals surface area contributed by atoms with Crippen LogP contribution in [0.3, 0.4) is 0 Å². The second-order valence-electron chi connectivity index (χ2n) is 1.40. The summed E-state index contributed by atoms with van der Waals surface area (Å²) in [5.41, 5.74) is 0. The minimum absolute atomic E-state index is 0.551. The Morgan fingerprint density at radius 3 is 2.38 bits per heavy atom. The van der Waals surface area contributed by atoms with E-state index in [0.29, 0.717) is 5.90 Å². The van der Waals surface area contributed by atoms with Gasteiger partial charge in [0.1, 0.15) is 0 Å². The van der Waals surface area contributed by atoms with E-state index in [2.05, 4.69) is 9.84 Å². The number of hydrogen-bond donors (Lipinski definition) is 1. The molecular weight excluding hydrogens is 106 g/mol. The number of nitrogens with zero attached hydrogens (tertiary/aromatic N) is 2. The molecule has 0 heterocycles. The summed E-state index contributed by atoms with van der Waals surface area (Å²) in [6.07, 6.45) is 0. The summed E-state index contributed by atoms with van der Waals surface area (Å²) >= 11 is 0. The molecule has 8 heavy (non-hydrogen) atoms. The van der Waals surface area contributed by atoms with Gasteiger partial charge in [-0.1, -0.05) is 0 Å². The van der Waals surface area contributed by atoms with E-state index < -0.39 is 0 Å². The smallest absolute Gasteiger partial charge is 0.204 e. The van der Waals surface area contributed by atoms with Crippen LogP contribution in [0.2, 0.25) is 0 Å². The predicted molar refractivity (Wildman–Crippen MR) is 32.1 cm³/mol. The van der Waals surface area contributed by atoms with E-state index in [1.807, 2.05) is 0 Å². The largest absolute Gasteiger partial charge is 0.483 e. The first kappa shape index (κ1) is 7.23. The Labute approximate surface area is 48.9 Å². The molecule has 0 amide bonds. The minimum Gasteiger partial charge on any atom is -0.483 e. The molecule has 0 spiro atoms. The average molecular weight is 117 g/mol. The molecule has 0 aromatic rings. The minimum atomic E-state index is 0.551. The number of hydrazine groups is 1. The summed E-state index contributed by atoms with van der Waals surface area (Å²) in [7, 11) is 3.17. The molecule has 2 N–H and O–H groups in total. The van der Waals surface area contributed by atoms with Crippen LogP contribution in [0.4, 0.5) is 0 Å². The van der Waals surface area contributed by atoms with E-state index in [1.54, 1.807) is 21.1 Å². The molecule has 0 saturated heterocycles. The molecule has 0 aromatic carbocycles. The zero-order valence-electron chi connectivity index (χ0n) is 5.38. The first-order chi connectivity index (χ1) is 3.66. The van der Waals surface area contributed by atoms with Gasteiger partial charge in [0, 0.05) is 14.0 Å². The van der Waals surface area contributed by atoms with Gasteiger partial charge < -0.3 is 4.74 Å². The Kier molecular flexibility index (Phi) is 2.95. The molecular formula is C4H11N3O. The number of nitrogens with two attached hydrogens (primary N) is 1. The average Bonchev–Trinajstić information content (AvgIpc) is 1.65. The van der Waals surface area contributed by atoms with Gasteiger partial charge in [0.05, 0.1) is 7.11 Å². The normalized spacial score (nSPS) is 11.2. The van der Waals surface area contributed by atoms with Crippen molar-refractivity contribution >= 4 is 5.90 Å². The maximum absolute atomic E-state index is 5.13. The predicted octanol–water partition coefficient (Wildman–Crippen LogP) is -0.228. The zero-order chi connectivity index (χ0) is 6.57. The van der Waals surface area contributed by atoms with E-state index in [1.165, 1.54) is 5.12 Å². The van der Waals surface area contributed by atoms with Gasteiger partial charge in [-0.15, -0.1) is 5.10 Å². The van der Waals surface area contributed by atoms with Crippen molar-refractivity contribution in [3.8, 4) is 0 Å². The van der Waals surface area contributed by atoms with Crippen LogP contribution in [0.15, 0.2) is 5.10 Å². The van der Waals surface area contributed by atoms with Crippen molar-refractivity contribution in [3.63, 3.8) is 0 Å². The number of rotatable bonds is 1. The number of hydrazone groups is 1. The molecule has 4 heteroatoms. The Morgan fingerprint density at radius 2 is 2.25 bits per heavy atom. The Bertz CT molecular complexity index is 89.3. The van der Waals surface area contributed by atoms with E-state index in [4.69, 9.17) is 5.84 Å². The van der Waals surface area contributed by atoms with Gasteiger partial charge in [0.25, 0.3) is 0 Å². The Morgan fingerprint density at radius 1 is 1.75 bits per heavy atom. The number of ether oxygens (including phenoxy) is 1. The van der Waals surface area contributed by atoms with Crippen LogP contribution >= 0.6 is 0 Å². The Hall–Kier alpha value is -0.770. The molecule has 0 aliphatic rings. The van der Waals surface area contributed by atoms with Crippen LogP contribution in [0.1, 0.15) is 6.92 Å². The van der Waals surface area contributed by atoms with Gasteiger partial charge in [-0.25, -0.2) is 11.0 Å². The van der Waals surface area contributed by atoms with E-state index in [9.17, 15) is 0 Å². The van der Waals surface area contributed by atoms with Crippen LogP contribution in [0.5, 0.6) is 0 Å². The highest BCUT2D eigenvalue weighted by atomic mass is 16.5. The lowest BCUT2D eigenvalue weighted by molar-refractivity contribution is 0.329. The molecule has 0 radical (unpaired) electrons. The highest BCUT2D eigenvalue weighted by Gasteiger charge is 1.84. The van der Waals surface area contributed by atoms with Gasteiger partial charge in [0.15, 0.2) is 0 Å². The summed E-state index contributed by atoms with van der Waals surface area (Å²) in [6.45, 7) is 1.73. The van der Waals surface area contributed by atoms with Crippen LogP contribution in [0, 0.1) is 0 Å². The highest BCUT2D eigenvalue weighted by molar-refractivity contribution is 5.72. The van der Waals surface area contributed by atoms with Gasteiger partial charge >= 0.3 is 0 Å². The maximum atomic E-state index is 5.13. The first-order valence-electron chi connectivity index (χ1n) is 2.24. The summed E-state index contributed by atoms with van der Waals surface area (Å²) in [4.78, 5) is 0. The highest BCUT2D eigenvalue weighted by Crippen LogP contribution is 1.77. The maximum Gasteiger partial charge on any atom is 0.204 e. The molecule has 0 fully saturated rings. The molecule has 0 saturated carbocycles. The second kappa shape index (κ2) is 3.26. The molecule has 0 aliphatic carbocycles. The van der Waals surface area contributed by atoms with Crippen LogP contribution in [-0.2, 0) is 4.74 Å². The summed E-state index contributed by atoms with van der Waals surface area (Å²) in [6, 6.07) is 0. The molecule has 0 rings (SSSR count). The molecule has 0 unspecified atom stereocenters. The SMILES string of the molecule is CO/C(C)=N\N(C)N. The van der Waals surface area contributed by atoms with Crippen LogP contribution < -0.4 is 5.84 Å². The second-order valence-corrected chi connectivity index (χ2v) is 1.40. The van der Waals surface area contributed by atoms with E-state index in [-0.39, 0.29) is 0 Å². The van der Waals surface area contributed by atoms with Crippen molar-refractivity contribution in [1.29, 1.82) is 0 Å². The standard InChI is InChI=1S/C4H11N3O/c1-4(8-3)6-7(2)5/h5H2,1-3H3/b6-4-. The van der Waals surface area contributed by atoms with Crippen molar-refractivity contribution < 1.29 is 4.74 Å². The zero-order valence-corrected chi connectivity index (χ0v) is 5.38. The summed E-state index contributed by atoms with van der Waals surface area (Å²) < 4.78 is 4.69. The lowest BCUT2D eigenvalue weighted by atomic mass is 10.8. The van der Waals surface area contributed by atoms with Crippen molar-refractivity contribution in [3.05, 3.63) is 0 Å². The van der Waals surface area contributed by atoms with E-state index >= 15 is 0 Å². The van der Waals surface area contributed by atoms with Gasteiger partial charge in [-0.2, -0.15) is 0 Å². The topological polar surface area (TPSA) is 50.8 Å². The number of methoxy groups -OCH3 is 1.